The summed E-state index contributed by atoms with van der Waals surface area (Å²) in [5.74, 6) is -1.22. The summed E-state index contributed by atoms with van der Waals surface area (Å²) >= 11 is 0. The summed E-state index contributed by atoms with van der Waals surface area (Å²) in [6.45, 7) is 5.29. The number of hydrogen-bond donors (Lipinski definition) is 3. The first kappa shape index (κ1) is 14.2. The smallest absolute Gasteiger partial charge is 0.336 e. The molecule has 98 valence electrons. The lowest BCUT2D eigenvalue weighted by Gasteiger charge is -2.11. The van der Waals surface area contributed by atoms with Crippen molar-refractivity contribution in [2.24, 2.45) is 5.73 Å². The molecule has 0 saturated carbocycles. The van der Waals surface area contributed by atoms with Gasteiger partial charge in [0.15, 0.2) is 0 Å². The standard InChI is InChI=1S/C13H18N2O3/c1-7-4-10(15-12(16)5-8(2)14)6-11(9(7)3)13(17)18/h4,6,8H,5,14H2,1-3H3,(H,15,16)(H,17,18). The van der Waals surface area contributed by atoms with Gasteiger partial charge in [-0.25, -0.2) is 4.79 Å². The third-order valence-corrected chi connectivity index (χ3v) is 2.69. The molecule has 18 heavy (non-hydrogen) atoms. The van der Waals surface area contributed by atoms with Gasteiger partial charge in [0, 0.05) is 18.2 Å². The summed E-state index contributed by atoms with van der Waals surface area (Å²) in [4.78, 5) is 22.6. The second-order valence-electron chi connectivity index (χ2n) is 4.50. The van der Waals surface area contributed by atoms with Crippen molar-refractivity contribution in [3.05, 3.63) is 28.8 Å². The highest BCUT2D eigenvalue weighted by Gasteiger charge is 2.12. The fourth-order valence-electron chi connectivity index (χ4n) is 1.66. The summed E-state index contributed by atoms with van der Waals surface area (Å²) in [5.41, 5.74) is 7.74. The first-order valence-corrected chi connectivity index (χ1v) is 5.71. The first-order valence-electron chi connectivity index (χ1n) is 5.71. The van der Waals surface area contributed by atoms with Crippen molar-refractivity contribution in [2.45, 2.75) is 33.2 Å². The van der Waals surface area contributed by atoms with E-state index in [9.17, 15) is 9.59 Å². The maximum atomic E-state index is 11.6. The van der Waals surface area contributed by atoms with Gasteiger partial charge in [-0.1, -0.05) is 0 Å². The number of carboxylic acid groups (broad SMARTS) is 1. The molecule has 0 aromatic heterocycles. The summed E-state index contributed by atoms with van der Waals surface area (Å²) in [7, 11) is 0. The highest BCUT2D eigenvalue weighted by Crippen LogP contribution is 2.20. The Morgan fingerprint density at radius 1 is 1.39 bits per heavy atom. The molecule has 4 N–H and O–H groups in total. The molecule has 0 heterocycles. The lowest BCUT2D eigenvalue weighted by Crippen LogP contribution is -2.24. The van der Waals surface area contributed by atoms with Crippen LogP contribution in [0.3, 0.4) is 0 Å². The molecule has 0 radical (unpaired) electrons. The Morgan fingerprint density at radius 2 is 2.00 bits per heavy atom. The molecule has 1 amide bonds. The van der Waals surface area contributed by atoms with Gasteiger partial charge in [0.05, 0.1) is 5.56 Å². The van der Waals surface area contributed by atoms with E-state index < -0.39 is 5.97 Å². The Bertz CT molecular complexity index is 481. The van der Waals surface area contributed by atoms with E-state index in [0.29, 0.717) is 11.3 Å². The van der Waals surface area contributed by atoms with Crippen LogP contribution in [0, 0.1) is 13.8 Å². The summed E-state index contributed by atoms with van der Waals surface area (Å²) in [5, 5.41) is 11.7. The van der Waals surface area contributed by atoms with Gasteiger partial charge in [0.25, 0.3) is 0 Å². The second-order valence-corrected chi connectivity index (χ2v) is 4.50. The molecule has 0 saturated heterocycles. The van der Waals surface area contributed by atoms with Crippen LogP contribution in [-0.4, -0.2) is 23.0 Å². The molecule has 0 bridgehead atoms. The second kappa shape index (κ2) is 5.64. The maximum Gasteiger partial charge on any atom is 0.336 e. The minimum Gasteiger partial charge on any atom is -0.478 e. The van der Waals surface area contributed by atoms with Crippen LogP contribution in [0.15, 0.2) is 12.1 Å². The minimum absolute atomic E-state index is 0.200. The van der Waals surface area contributed by atoms with Crippen molar-refractivity contribution in [1.82, 2.24) is 0 Å². The normalized spacial score (nSPS) is 12.0. The molecule has 0 fully saturated rings. The zero-order chi connectivity index (χ0) is 13.9. The summed E-state index contributed by atoms with van der Waals surface area (Å²) in [6, 6.07) is 2.99. The number of aryl methyl sites for hydroxylation is 1. The zero-order valence-corrected chi connectivity index (χ0v) is 10.8. The average molecular weight is 250 g/mol. The van der Waals surface area contributed by atoms with Crippen LogP contribution < -0.4 is 11.1 Å². The van der Waals surface area contributed by atoms with Crippen LogP contribution in [-0.2, 0) is 4.79 Å². The summed E-state index contributed by atoms with van der Waals surface area (Å²) < 4.78 is 0. The lowest BCUT2D eigenvalue weighted by molar-refractivity contribution is -0.116. The number of carbonyl (C=O) groups excluding carboxylic acids is 1. The van der Waals surface area contributed by atoms with Crippen LogP contribution in [0.5, 0.6) is 0 Å². The molecular formula is C13H18N2O3. The molecule has 0 spiro atoms. The van der Waals surface area contributed by atoms with Gasteiger partial charge in [-0.05, 0) is 44.0 Å². The number of hydrogen-bond acceptors (Lipinski definition) is 3. The number of aromatic carboxylic acids is 1. The van der Waals surface area contributed by atoms with Gasteiger partial charge in [0.1, 0.15) is 0 Å². The number of amides is 1. The van der Waals surface area contributed by atoms with Gasteiger partial charge in [-0.3, -0.25) is 4.79 Å². The number of nitrogens with two attached hydrogens (primary N) is 1. The van der Waals surface area contributed by atoms with Crippen molar-refractivity contribution in [3.63, 3.8) is 0 Å². The van der Waals surface area contributed by atoms with Gasteiger partial charge in [0.2, 0.25) is 5.91 Å². The Kier molecular flexibility index (Phi) is 4.44. The fraction of sp³-hybridized carbons (Fsp3) is 0.385. The predicted octanol–water partition coefficient (Wildman–Crippen LogP) is 1.68. The number of carboxylic acids is 1. The van der Waals surface area contributed by atoms with E-state index in [2.05, 4.69) is 5.32 Å². The third kappa shape index (κ3) is 3.56. The van der Waals surface area contributed by atoms with E-state index in [4.69, 9.17) is 10.8 Å². The van der Waals surface area contributed by atoms with E-state index in [0.717, 1.165) is 5.56 Å². The minimum atomic E-state index is -1.00. The number of benzene rings is 1. The van der Waals surface area contributed by atoms with Crippen molar-refractivity contribution >= 4 is 17.6 Å². The highest BCUT2D eigenvalue weighted by molar-refractivity contribution is 5.95. The summed E-state index contributed by atoms with van der Waals surface area (Å²) in [6.07, 6.45) is 0.204. The SMILES string of the molecule is Cc1cc(NC(=O)CC(C)N)cc(C(=O)O)c1C. The van der Waals surface area contributed by atoms with Crippen LogP contribution in [0.4, 0.5) is 5.69 Å². The first-order chi connectivity index (χ1) is 8.31. The molecule has 1 aromatic carbocycles. The van der Waals surface area contributed by atoms with Gasteiger partial charge in [-0.15, -0.1) is 0 Å². The van der Waals surface area contributed by atoms with Crippen LogP contribution >= 0.6 is 0 Å². The average Bonchev–Trinajstić information content (AvgIpc) is 2.21. The molecule has 0 aliphatic carbocycles. The predicted molar refractivity (Wildman–Crippen MR) is 69.8 cm³/mol. The van der Waals surface area contributed by atoms with Crippen molar-refractivity contribution in [3.8, 4) is 0 Å². The van der Waals surface area contributed by atoms with Gasteiger partial charge < -0.3 is 16.2 Å². The lowest BCUT2D eigenvalue weighted by atomic mass is 10.0. The fourth-order valence-corrected chi connectivity index (χ4v) is 1.66. The quantitative estimate of drug-likeness (QED) is 0.758. The zero-order valence-electron chi connectivity index (χ0n) is 10.8. The molecule has 0 aliphatic rings. The van der Waals surface area contributed by atoms with Crippen LogP contribution in [0.25, 0.3) is 0 Å². The van der Waals surface area contributed by atoms with E-state index in [1.165, 1.54) is 6.07 Å². The Balaban J connectivity index is 2.97. The molecule has 0 aliphatic heterocycles. The van der Waals surface area contributed by atoms with E-state index in [-0.39, 0.29) is 23.9 Å². The Morgan fingerprint density at radius 3 is 2.50 bits per heavy atom. The molecule has 5 heteroatoms. The molecule has 1 rings (SSSR count). The van der Waals surface area contributed by atoms with Crippen molar-refractivity contribution < 1.29 is 14.7 Å². The largest absolute Gasteiger partial charge is 0.478 e. The van der Waals surface area contributed by atoms with Crippen molar-refractivity contribution in [1.29, 1.82) is 0 Å². The molecule has 5 nitrogen and oxygen atoms in total. The Labute approximate surface area is 106 Å². The van der Waals surface area contributed by atoms with Crippen LogP contribution in [0.2, 0.25) is 0 Å². The molecule has 1 unspecified atom stereocenters. The number of anilines is 1. The topological polar surface area (TPSA) is 92.4 Å². The highest BCUT2D eigenvalue weighted by atomic mass is 16.4. The monoisotopic (exact) mass is 250 g/mol. The van der Waals surface area contributed by atoms with Gasteiger partial charge >= 0.3 is 5.97 Å². The third-order valence-electron chi connectivity index (χ3n) is 2.69. The number of nitrogens with one attached hydrogen (secondary N) is 1. The molecule has 1 atom stereocenters. The molecular weight excluding hydrogens is 232 g/mol. The Hall–Kier alpha value is -1.88. The molecule has 1 aromatic rings. The van der Waals surface area contributed by atoms with Gasteiger partial charge in [-0.2, -0.15) is 0 Å². The van der Waals surface area contributed by atoms with E-state index in [1.807, 2.05) is 6.92 Å². The van der Waals surface area contributed by atoms with Crippen LogP contribution in [0.1, 0.15) is 34.8 Å². The van der Waals surface area contributed by atoms with E-state index in [1.54, 1.807) is 19.9 Å². The number of rotatable bonds is 4. The van der Waals surface area contributed by atoms with Crippen molar-refractivity contribution in [2.75, 3.05) is 5.32 Å². The van der Waals surface area contributed by atoms with E-state index >= 15 is 0 Å². The maximum absolute atomic E-state index is 11.6. The number of carbonyl (C=O) groups is 2.